The third kappa shape index (κ3) is 2.71. The number of benzene rings is 2. The third-order valence-electron chi connectivity index (χ3n) is 5.38. The maximum atomic E-state index is 11.6. The van der Waals surface area contributed by atoms with E-state index in [0.29, 0.717) is 6.54 Å². The van der Waals surface area contributed by atoms with Crippen LogP contribution in [0.2, 0.25) is 0 Å². The van der Waals surface area contributed by atoms with Crippen LogP contribution in [-0.2, 0) is 5.72 Å². The molecule has 1 N–H and O–H groups in total. The van der Waals surface area contributed by atoms with Crippen molar-refractivity contribution in [2.24, 2.45) is 0 Å². The van der Waals surface area contributed by atoms with Crippen molar-refractivity contribution < 1.29 is 14.4 Å². The van der Waals surface area contributed by atoms with Gasteiger partial charge in [-0.15, -0.1) is 0 Å². The average molecular weight is 337 g/mol. The van der Waals surface area contributed by atoms with Gasteiger partial charge in [0.2, 0.25) is 0 Å². The predicted molar refractivity (Wildman–Crippen MR) is 99.4 cm³/mol. The van der Waals surface area contributed by atoms with Gasteiger partial charge in [-0.1, -0.05) is 17.7 Å². The van der Waals surface area contributed by atoms with E-state index in [2.05, 4.69) is 40.7 Å². The summed E-state index contributed by atoms with van der Waals surface area (Å²) in [6.07, 6.45) is 3.29. The zero-order valence-corrected chi connectivity index (χ0v) is 14.9. The molecule has 130 valence electrons. The fourth-order valence-electron chi connectivity index (χ4n) is 3.96. The topological polar surface area (TPSA) is 35.7 Å². The van der Waals surface area contributed by atoms with Crippen LogP contribution in [0.25, 0.3) is 0 Å². The molecule has 0 aliphatic carbocycles. The van der Waals surface area contributed by atoms with Crippen molar-refractivity contribution in [1.82, 2.24) is 0 Å². The first-order valence-corrected chi connectivity index (χ1v) is 8.96. The lowest BCUT2D eigenvalue weighted by molar-refractivity contribution is -0.661. The summed E-state index contributed by atoms with van der Waals surface area (Å²) in [5, 5.41) is 11.6. The minimum absolute atomic E-state index is 0.553. The zero-order chi connectivity index (χ0) is 17.4. The summed E-state index contributed by atoms with van der Waals surface area (Å²) in [4.78, 5) is 2.28. The predicted octanol–water partition coefficient (Wildman–Crippen LogP) is 3.26. The zero-order valence-electron chi connectivity index (χ0n) is 14.9. The molecule has 0 radical (unpaired) electrons. The first kappa shape index (κ1) is 16.2. The van der Waals surface area contributed by atoms with Crippen molar-refractivity contribution in [3.8, 4) is 5.75 Å². The van der Waals surface area contributed by atoms with Crippen LogP contribution in [0.4, 0.5) is 5.69 Å². The first-order chi connectivity index (χ1) is 12.1. The van der Waals surface area contributed by atoms with Gasteiger partial charge in [0.05, 0.1) is 13.7 Å². The molecule has 0 bridgehead atoms. The Hall–Kier alpha value is -2.33. The lowest BCUT2D eigenvalue weighted by Crippen LogP contribution is -2.41. The SMILES string of the molecule is COc1ccc(C2(O)CN(c3ccc(C)cc3)C3=[N+]2CCCC3)cc1. The van der Waals surface area contributed by atoms with Gasteiger partial charge in [-0.3, -0.25) is 0 Å². The quantitative estimate of drug-likeness (QED) is 0.873. The summed E-state index contributed by atoms with van der Waals surface area (Å²) in [7, 11) is 1.66. The maximum Gasteiger partial charge on any atom is 0.271 e. The molecule has 4 rings (SSSR count). The molecule has 0 amide bonds. The molecular weight excluding hydrogens is 312 g/mol. The van der Waals surface area contributed by atoms with Gasteiger partial charge in [-0.05, 0) is 56.2 Å². The summed E-state index contributed by atoms with van der Waals surface area (Å²) >= 11 is 0. The van der Waals surface area contributed by atoms with Crippen molar-refractivity contribution in [2.45, 2.75) is 31.9 Å². The molecule has 2 heterocycles. The monoisotopic (exact) mass is 337 g/mol. The second-order valence-corrected chi connectivity index (χ2v) is 6.99. The molecule has 0 saturated heterocycles. The number of anilines is 1. The normalized spacial score (nSPS) is 22.9. The molecule has 2 aromatic carbocycles. The van der Waals surface area contributed by atoms with Crippen LogP contribution in [-0.4, -0.2) is 35.7 Å². The highest BCUT2D eigenvalue weighted by molar-refractivity contribution is 5.96. The van der Waals surface area contributed by atoms with Crippen LogP contribution in [0, 0.1) is 6.92 Å². The van der Waals surface area contributed by atoms with Crippen LogP contribution >= 0.6 is 0 Å². The highest BCUT2D eigenvalue weighted by Crippen LogP contribution is 2.36. The number of rotatable bonds is 3. The second kappa shape index (κ2) is 6.19. The minimum atomic E-state index is -0.993. The standard InChI is InChI=1S/C21H25N2O2/c1-16-6-10-18(11-7-16)22-15-21(24,23-14-4-3-5-20(22)23)17-8-12-19(25-2)13-9-17/h6-13,24H,3-5,14-15H2,1-2H3/q+1. The van der Waals surface area contributed by atoms with Gasteiger partial charge in [0, 0.05) is 12.0 Å². The van der Waals surface area contributed by atoms with Gasteiger partial charge in [-0.2, -0.15) is 0 Å². The number of hydrogen-bond acceptors (Lipinski definition) is 3. The smallest absolute Gasteiger partial charge is 0.271 e. The summed E-state index contributed by atoms with van der Waals surface area (Å²) in [5.41, 5.74) is 2.32. The van der Waals surface area contributed by atoms with Crippen LogP contribution < -0.4 is 9.64 Å². The van der Waals surface area contributed by atoms with Gasteiger partial charge in [0.15, 0.2) is 6.54 Å². The molecule has 4 heteroatoms. The third-order valence-corrected chi connectivity index (χ3v) is 5.38. The largest absolute Gasteiger partial charge is 0.497 e. The van der Waals surface area contributed by atoms with Crippen LogP contribution in [0.3, 0.4) is 0 Å². The van der Waals surface area contributed by atoms with E-state index in [9.17, 15) is 5.11 Å². The number of aliphatic hydroxyl groups is 1. The number of aryl methyl sites for hydroxylation is 1. The van der Waals surface area contributed by atoms with Crippen molar-refractivity contribution in [2.75, 3.05) is 25.1 Å². The number of hydrogen-bond donors (Lipinski definition) is 1. The summed E-state index contributed by atoms with van der Waals surface area (Å²) in [6.45, 7) is 3.54. The van der Waals surface area contributed by atoms with Crippen molar-refractivity contribution >= 4 is 11.5 Å². The van der Waals surface area contributed by atoms with E-state index in [0.717, 1.165) is 36.4 Å². The van der Waals surface area contributed by atoms with Gasteiger partial charge in [-0.25, -0.2) is 9.48 Å². The molecule has 0 spiro atoms. The molecule has 0 aromatic heterocycles. The van der Waals surface area contributed by atoms with Crippen LogP contribution in [0.5, 0.6) is 5.75 Å². The Kier molecular flexibility index (Phi) is 4.00. The molecule has 4 nitrogen and oxygen atoms in total. The highest BCUT2D eigenvalue weighted by Gasteiger charge is 2.52. The van der Waals surface area contributed by atoms with Gasteiger partial charge in [0.25, 0.3) is 11.6 Å². The molecular formula is C21H25N2O2+. The molecule has 1 unspecified atom stereocenters. The van der Waals surface area contributed by atoms with Gasteiger partial charge >= 0.3 is 0 Å². The Bertz CT molecular complexity index is 796. The van der Waals surface area contributed by atoms with Crippen LogP contribution in [0.15, 0.2) is 48.5 Å². The van der Waals surface area contributed by atoms with Crippen molar-refractivity contribution in [3.05, 3.63) is 59.7 Å². The Balaban J connectivity index is 1.76. The maximum absolute atomic E-state index is 11.6. The number of amidine groups is 1. The minimum Gasteiger partial charge on any atom is -0.497 e. The molecule has 25 heavy (non-hydrogen) atoms. The highest BCUT2D eigenvalue weighted by atomic mass is 16.5. The Labute approximate surface area is 149 Å². The molecule has 2 aromatic rings. The Morgan fingerprint density at radius 3 is 2.44 bits per heavy atom. The lowest BCUT2D eigenvalue weighted by atomic mass is 10.0. The number of methoxy groups -OCH3 is 1. The number of nitrogens with zero attached hydrogens (tertiary/aromatic N) is 2. The fourth-order valence-corrected chi connectivity index (χ4v) is 3.96. The molecule has 1 atom stereocenters. The molecule has 0 saturated carbocycles. The number of β-amino-alcohol motifs (C(OH)–C–C–N with tert-alkyl or cyclic N) is 1. The number of ether oxygens (including phenoxy) is 1. The summed E-state index contributed by atoms with van der Waals surface area (Å²) < 4.78 is 7.45. The molecule has 2 aliphatic rings. The second-order valence-electron chi connectivity index (χ2n) is 6.99. The van der Waals surface area contributed by atoms with E-state index in [1.807, 2.05) is 24.3 Å². The Morgan fingerprint density at radius 2 is 1.76 bits per heavy atom. The van der Waals surface area contributed by atoms with E-state index >= 15 is 0 Å². The van der Waals surface area contributed by atoms with E-state index < -0.39 is 5.72 Å². The lowest BCUT2D eigenvalue weighted by Gasteiger charge is -2.24. The average Bonchev–Trinajstić information content (AvgIpc) is 2.97. The van der Waals surface area contributed by atoms with Crippen LogP contribution in [0.1, 0.15) is 30.4 Å². The van der Waals surface area contributed by atoms with Crippen molar-refractivity contribution in [1.29, 1.82) is 0 Å². The van der Waals surface area contributed by atoms with E-state index in [4.69, 9.17) is 4.74 Å². The molecule has 2 aliphatic heterocycles. The van der Waals surface area contributed by atoms with E-state index in [1.165, 1.54) is 17.8 Å². The summed E-state index contributed by atoms with van der Waals surface area (Å²) in [5.74, 6) is 2.04. The first-order valence-electron chi connectivity index (χ1n) is 8.96. The Morgan fingerprint density at radius 1 is 1.04 bits per heavy atom. The molecule has 0 fully saturated rings. The van der Waals surface area contributed by atoms with Crippen molar-refractivity contribution in [3.63, 3.8) is 0 Å². The van der Waals surface area contributed by atoms with Gasteiger partial charge < -0.3 is 9.84 Å². The van der Waals surface area contributed by atoms with E-state index in [1.54, 1.807) is 7.11 Å². The van der Waals surface area contributed by atoms with Gasteiger partial charge in [0.1, 0.15) is 11.4 Å². The fraction of sp³-hybridized carbons (Fsp3) is 0.381. The summed E-state index contributed by atoms with van der Waals surface area (Å²) in [6, 6.07) is 16.4. The van der Waals surface area contributed by atoms with E-state index in [-0.39, 0.29) is 0 Å².